The van der Waals surface area contributed by atoms with E-state index in [4.69, 9.17) is 9.47 Å². The number of nitrogens with zero attached hydrogens (tertiary/aromatic N) is 2. The minimum atomic E-state index is 0.0138. The largest absolute Gasteiger partial charge is 0.497 e. The second-order valence-electron chi connectivity index (χ2n) is 7.69. The zero-order chi connectivity index (χ0) is 21.5. The molecule has 0 saturated carbocycles. The Bertz CT molecular complexity index is 1010. The molecule has 4 rings (SSSR count). The molecule has 160 valence electrons. The summed E-state index contributed by atoms with van der Waals surface area (Å²) in [6.07, 6.45) is 2.61. The van der Waals surface area contributed by atoms with E-state index >= 15 is 0 Å². The molecule has 1 N–H and O–H groups in total. The molecule has 1 aliphatic heterocycles. The average molecular weight is 418 g/mol. The normalized spacial score (nSPS) is 16.1. The lowest BCUT2D eigenvalue weighted by molar-refractivity contribution is -0.124. The van der Waals surface area contributed by atoms with E-state index in [-0.39, 0.29) is 11.8 Å². The number of aromatic nitrogens is 1. The van der Waals surface area contributed by atoms with Crippen LogP contribution < -0.4 is 14.8 Å². The zero-order valence-electron chi connectivity index (χ0n) is 17.7. The third-order valence-electron chi connectivity index (χ3n) is 5.39. The summed E-state index contributed by atoms with van der Waals surface area (Å²) in [4.78, 5) is 19.1. The second kappa shape index (κ2) is 10.1. The lowest BCUT2D eigenvalue weighted by Gasteiger charge is -2.17. The number of benzene rings is 2. The fraction of sp³-hybridized carbons (Fsp3) is 0.280. The Hall–Kier alpha value is -3.38. The molecule has 0 radical (unpaired) electrons. The summed E-state index contributed by atoms with van der Waals surface area (Å²) in [6, 6.07) is 21.4. The molecule has 2 aromatic carbocycles. The van der Waals surface area contributed by atoms with E-state index in [1.165, 1.54) is 0 Å². The van der Waals surface area contributed by atoms with Crippen LogP contribution in [0.1, 0.15) is 17.7 Å². The Morgan fingerprint density at radius 1 is 1.06 bits per heavy atom. The highest BCUT2D eigenvalue weighted by Gasteiger charge is 2.28. The van der Waals surface area contributed by atoms with Crippen molar-refractivity contribution >= 4 is 5.91 Å². The molecule has 1 aromatic heterocycles. The lowest BCUT2D eigenvalue weighted by Crippen LogP contribution is -2.32. The molecule has 3 aromatic rings. The van der Waals surface area contributed by atoms with Crippen LogP contribution in [0.5, 0.6) is 17.2 Å². The van der Waals surface area contributed by atoms with Gasteiger partial charge in [0.15, 0.2) is 0 Å². The number of methoxy groups -OCH3 is 1. The molecule has 1 atom stereocenters. The van der Waals surface area contributed by atoms with E-state index in [9.17, 15) is 4.79 Å². The van der Waals surface area contributed by atoms with Crippen molar-refractivity contribution in [2.75, 3.05) is 20.2 Å². The summed E-state index contributed by atoms with van der Waals surface area (Å²) in [5.41, 5.74) is 2.04. The van der Waals surface area contributed by atoms with Gasteiger partial charge in [-0.3, -0.25) is 14.7 Å². The lowest BCUT2D eigenvalue weighted by atomic mass is 10.1. The summed E-state index contributed by atoms with van der Waals surface area (Å²) in [6.45, 7) is 2.93. The van der Waals surface area contributed by atoms with E-state index in [1.54, 1.807) is 13.3 Å². The van der Waals surface area contributed by atoms with Crippen molar-refractivity contribution in [2.24, 2.45) is 5.92 Å². The summed E-state index contributed by atoms with van der Waals surface area (Å²) in [5.74, 6) is 2.40. The third-order valence-corrected chi connectivity index (χ3v) is 5.39. The molecule has 2 heterocycles. The van der Waals surface area contributed by atoms with Crippen LogP contribution in [-0.4, -0.2) is 36.0 Å². The first-order chi connectivity index (χ1) is 15.2. The van der Waals surface area contributed by atoms with Gasteiger partial charge in [-0.15, -0.1) is 0 Å². The first-order valence-corrected chi connectivity index (χ1v) is 10.5. The van der Waals surface area contributed by atoms with Gasteiger partial charge in [0.25, 0.3) is 0 Å². The van der Waals surface area contributed by atoms with Crippen LogP contribution in [-0.2, 0) is 17.9 Å². The van der Waals surface area contributed by atoms with Crippen molar-refractivity contribution in [3.05, 3.63) is 84.2 Å². The van der Waals surface area contributed by atoms with Crippen molar-refractivity contribution in [1.82, 2.24) is 15.2 Å². The number of nitrogens with one attached hydrogen (secondary N) is 1. The first kappa shape index (κ1) is 20.9. The van der Waals surface area contributed by atoms with Crippen molar-refractivity contribution in [3.63, 3.8) is 0 Å². The van der Waals surface area contributed by atoms with E-state index in [0.717, 1.165) is 54.6 Å². The minimum absolute atomic E-state index is 0.0138. The molecule has 6 heteroatoms. The molecule has 0 aliphatic carbocycles. The Morgan fingerprint density at radius 2 is 1.87 bits per heavy atom. The van der Waals surface area contributed by atoms with E-state index in [1.807, 2.05) is 60.7 Å². The topological polar surface area (TPSA) is 63.7 Å². The molecule has 0 bridgehead atoms. The number of carbonyl (C=O) groups excluding carboxylic acids is 1. The molecular weight excluding hydrogens is 390 g/mol. The Kier molecular flexibility index (Phi) is 6.79. The molecule has 1 unspecified atom stereocenters. The zero-order valence-corrected chi connectivity index (χ0v) is 17.7. The van der Waals surface area contributed by atoms with Crippen molar-refractivity contribution < 1.29 is 14.3 Å². The van der Waals surface area contributed by atoms with Crippen LogP contribution in [0.2, 0.25) is 0 Å². The fourth-order valence-corrected chi connectivity index (χ4v) is 3.78. The molecule has 1 aliphatic rings. The second-order valence-corrected chi connectivity index (χ2v) is 7.69. The van der Waals surface area contributed by atoms with Crippen LogP contribution >= 0.6 is 0 Å². The SMILES string of the molecule is COc1cccc(Oc2cccc(CN3CCC(C(=O)NCc4ccccn4)C3)c2)c1. The molecular formula is C25H27N3O3. The van der Waals surface area contributed by atoms with E-state index < -0.39 is 0 Å². The number of rotatable bonds is 8. The molecule has 1 saturated heterocycles. The number of ether oxygens (including phenoxy) is 2. The summed E-state index contributed by atoms with van der Waals surface area (Å²) in [5, 5.41) is 3.01. The average Bonchev–Trinajstić information content (AvgIpc) is 3.27. The van der Waals surface area contributed by atoms with Gasteiger partial charge in [-0.05, 0) is 54.9 Å². The van der Waals surface area contributed by atoms with Crippen LogP contribution in [0.3, 0.4) is 0 Å². The summed E-state index contributed by atoms with van der Waals surface area (Å²) in [7, 11) is 1.64. The van der Waals surface area contributed by atoms with Gasteiger partial charge in [-0.1, -0.05) is 24.3 Å². The van der Waals surface area contributed by atoms with Gasteiger partial charge in [-0.25, -0.2) is 0 Å². The van der Waals surface area contributed by atoms with Crippen molar-refractivity contribution in [1.29, 1.82) is 0 Å². The van der Waals surface area contributed by atoms with Gasteiger partial charge in [0, 0.05) is 25.4 Å². The van der Waals surface area contributed by atoms with Gasteiger partial charge >= 0.3 is 0 Å². The van der Waals surface area contributed by atoms with Crippen LogP contribution in [0.25, 0.3) is 0 Å². The minimum Gasteiger partial charge on any atom is -0.497 e. The van der Waals surface area contributed by atoms with Crippen LogP contribution in [0.4, 0.5) is 0 Å². The number of hydrogen-bond donors (Lipinski definition) is 1. The number of amides is 1. The monoisotopic (exact) mass is 417 g/mol. The highest BCUT2D eigenvalue weighted by atomic mass is 16.5. The standard InChI is InChI=1S/C25H27N3O3/c1-30-22-8-5-10-24(15-22)31-23-9-4-6-19(14-23)17-28-13-11-20(18-28)25(29)27-16-21-7-2-3-12-26-21/h2-10,12,14-15,20H,11,13,16-18H2,1H3,(H,27,29). The van der Waals surface area contributed by atoms with Crippen LogP contribution in [0.15, 0.2) is 72.9 Å². The molecule has 6 nitrogen and oxygen atoms in total. The summed E-state index contributed by atoms with van der Waals surface area (Å²) < 4.78 is 11.2. The highest BCUT2D eigenvalue weighted by molar-refractivity contribution is 5.79. The van der Waals surface area contributed by atoms with Gasteiger partial charge in [-0.2, -0.15) is 0 Å². The molecule has 1 fully saturated rings. The summed E-state index contributed by atoms with van der Waals surface area (Å²) >= 11 is 0. The smallest absolute Gasteiger partial charge is 0.224 e. The predicted molar refractivity (Wildman–Crippen MR) is 119 cm³/mol. The third kappa shape index (κ3) is 5.83. The number of likely N-dealkylation sites (tertiary alicyclic amines) is 1. The molecule has 0 spiro atoms. The van der Waals surface area contributed by atoms with Crippen molar-refractivity contribution in [3.8, 4) is 17.2 Å². The predicted octanol–water partition coefficient (Wildman–Crippen LogP) is 4.02. The van der Waals surface area contributed by atoms with E-state index in [2.05, 4.69) is 21.3 Å². The van der Waals surface area contributed by atoms with Gasteiger partial charge in [0.05, 0.1) is 25.3 Å². The maximum Gasteiger partial charge on any atom is 0.224 e. The van der Waals surface area contributed by atoms with E-state index in [0.29, 0.717) is 6.54 Å². The van der Waals surface area contributed by atoms with Gasteiger partial charge in [0.1, 0.15) is 17.2 Å². The maximum absolute atomic E-state index is 12.5. The number of carbonyl (C=O) groups is 1. The van der Waals surface area contributed by atoms with Crippen LogP contribution in [0, 0.1) is 5.92 Å². The highest BCUT2D eigenvalue weighted by Crippen LogP contribution is 2.27. The van der Waals surface area contributed by atoms with Crippen molar-refractivity contribution in [2.45, 2.75) is 19.5 Å². The molecule has 1 amide bonds. The number of hydrogen-bond acceptors (Lipinski definition) is 5. The Morgan fingerprint density at radius 3 is 2.68 bits per heavy atom. The first-order valence-electron chi connectivity index (χ1n) is 10.5. The molecule has 31 heavy (non-hydrogen) atoms. The quantitative estimate of drug-likeness (QED) is 0.600. The maximum atomic E-state index is 12.5. The number of pyridine rings is 1. The Balaban J connectivity index is 1.29. The fourth-order valence-electron chi connectivity index (χ4n) is 3.78. The Labute approximate surface area is 182 Å². The van der Waals surface area contributed by atoms with Gasteiger partial charge < -0.3 is 14.8 Å². The van der Waals surface area contributed by atoms with Gasteiger partial charge in [0.2, 0.25) is 5.91 Å².